The van der Waals surface area contributed by atoms with Crippen molar-refractivity contribution in [1.82, 2.24) is 0 Å². The van der Waals surface area contributed by atoms with Crippen LogP contribution < -0.4 is 0 Å². The van der Waals surface area contributed by atoms with Gasteiger partial charge in [-0.3, -0.25) is 0 Å². The highest BCUT2D eigenvalue weighted by atomic mass is 16.7. The van der Waals surface area contributed by atoms with Crippen molar-refractivity contribution in [3.8, 4) is 0 Å². The molecule has 2 spiro atoms. The minimum Gasteiger partial charge on any atom is -0.347 e. The van der Waals surface area contributed by atoms with Crippen LogP contribution in [-0.4, -0.2) is 38.0 Å². The van der Waals surface area contributed by atoms with Crippen molar-refractivity contribution >= 4 is 0 Å². The fraction of sp³-hybridized carbons (Fsp3) is 0.917. The average molecular weight is 389 g/mol. The van der Waals surface area contributed by atoms with Crippen LogP contribution in [0, 0.1) is 34.5 Å². The Morgan fingerprint density at radius 2 is 1.50 bits per heavy atom. The highest BCUT2D eigenvalue weighted by Gasteiger charge is 2.68. The van der Waals surface area contributed by atoms with E-state index in [9.17, 15) is 0 Å². The zero-order valence-electron chi connectivity index (χ0n) is 17.6. The lowest BCUT2D eigenvalue weighted by Crippen LogP contribution is -2.59. The van der Waals surface area contributed by atoms with Crippen LogP contribution in [0.2, 0.25) is 0 Å². The van der Waals surface area contributed by atoms with Crippen LogP contribution in [0.25, 0.3) is 0 Å². The van der Waals surface area contributed by atoms with E-state index >= 15 is 0 Å². The molecule has 0 bridgehead atoms. The van der Waals surface area contributed by atoms with E-state index in [0.29, 0.717) is 5.92 Å². The Morgan fingerprint density at radius 3 is 2.25 bits per heavy atom. The van der Waals surface area contributed by atoms with Crippen LogP contribution in [0.1, 0.15) is 65.2 Å². The first-order chi connectivity index (χ1) is 13.4. The van der Waals surface area contributed by atoms with Gasteiger partial charge in [-0.05, 0) is 61.2 Å². The first kappa shape index (κ1) is 18.4. The summed E-state index contributed by atoms with van der Waals surface area (Å²) >= 11 is 0. The molecule has 4 aliphatic carbocycles. The zero-order valence-corrected chi connectivity index (χ0v) is 17.6. The number of rotatable bonds is 0. The lowest BCUT2D eigenvalue weighted by molar-refractivity contribution is -0.250. The summed E-state index contributed by atoms with van der Waals surface area (Å²) in [5.74, 6) is 2.24. The van der Waals surface area contributed by atoms with E-state index in [0.717, 1.165) is 63.4 Å². The largest absolute Gasteiger partial charge is 0.347 e. The van der Waals surface area contributed by atoms with Gasteiger partial charge in [0.15, 0.2) is 11.6 Å². The van der Waals surface area contributed by atoms with Gasteiger partial charge < -0.3 is 18.9 Å². The molecule has 4 nitrogen and oxygen atoms in total. The summed E-state index contributed by atoms with van der Waals surface area (Å²) in [7, 11) is 0. The molecular weight excluding hydrogens is 352 g/mol. The normalized spacial score (nSPS) is 51.3. The standard InChI is InChI=1S/C24H36O4/c1-16-14-23(25-10-11-26-23)15-17-4-5-18-19-7-9-24(27-12-13-28-24)21(19,2)8-6-20(18)22(16,17)3/h17-20H,1,4-15H2,2-3H3/t17-,18-,19-,20-,21-,22-/m0/s1. The molecule has 2 saturated heterocycles. The molecule has 2 aliphatic heterocycles. The quantitative estimate of drug-likeness (QED) is 0.565. The number of ether oxygens (including phenoxy) is 4. The molecule has 6 fully saturated rings. The van der Waals surface area contributed by atoms with E-state index in [1.165, 1.54) is 37.7 Å². The molecule has 6 aliphatic rings. The van der Waals surface area contributed by atoms with Crippen molar-refractivity contribution < 1.29 is 18.9 Å². The Hall–Kier alpha value is -0.420. The Balaban J connectivity index is 1.31. The summed E-state index contributed by atoms with van der Waals surface area (Å²) in [5.41, 5.74) is 1.81. The molecule has 0 radical (unpaired) electrons. The second-order valence-electron chi connectivity index (χ2n) is 11.0. The summed E-state index contributed by atoms with van der Waals surface area (Å²) in [4.78, 5) is 0. The van der Waals surface area contributed by atoms with Gasteiger partial charge in [0.1, 0.15) is 0 Å². The topological polar surface area (TPSA) is 36.9 Å². The van der Waals surface area contributed by atoms with Crippen LogP contribution in [0.4, 0.5) is 0 Å². The van der Waals surface area contributed by atoms with Gasteiger partial charge in [0, 0.05) is 24.7 Å². The zero-order chi connectivity index (χ0) is 19.2. The molecule has 0 N–H and O–H groups in total. The molecule has 4 heteroatoms. The predicted molar refractivity (Wildman–Crippen MR) is 106 cm³/mol. The lowest BCUT2D eigenvalue weighted by Gasteiger charge is -2.62. The van der Waals surface area contributed by atoms with Crippen molar-refractivity contribution in [1.29, 1.82) is 0 Å². The first-order valence-electron chi connectivity index (χ1n) is 11.7. The molecule has 0 aromatic heterocycles. The van der Waals surface area contributed by atoms with Gasteiger partial charge in [-0.2, -0.15) is 0 Å². The van der Waals surface area contributed by atoms with Crippen molar-refractivity contribution in [2.24, 2.45) is 34.5 Å². The summed E-state index contributed by atoms with van der Waals surface area (Å²) in [6, 6.07) is 0. The van der Waals surface area contributed by atoms with E-state index in [1.807, 2.05) is 0 Å². The second kappa shape index (κ2) is 5.84. The molecule has 28 heavy (non-hydrogen) atoms. The fourth-order valence-corrected chi connectivity index (χ4v) is 8.86. The summed E-state index contributed by atoms with van der Waals surface area (Å²) < 4.78 is 24.8. The van der Waals surface area contributed by atoms with Gasteiger partial charge in [-0.1, -0.05) is 26.0 Å². The van der Waals surface area contributed by atoms with Gasteiger partial charge in [-0.15, -0.1) is 0 Å². The van der Waals surface area contributed by atoms with Crippen molar-refractivity contribution in [3.63, 3.8) is 0 Å². The molecule has 6 atom stereocenters. The minimum absolute atomic E-state index is 0.183. The molecular formula is C24H36O4. The van der Waals surface area contributed by atoms with Crippen molar-refractivity contribution in [2.75, 3.05) is 26.4 Å². The Morgan fingerprint density at radius 1 is 0.821 bits per heavy atom. The van der Waals surface area contributed by atoms with E-state index in [1.54, 1.807) is 0 Å². The monoisotopic (exact) mass is 388 g/mol. The third-order valence-electron chi connectivity index (χ3n) is 10.3. The molecule has 0 unspecified atom stereocenters. The maximum Gasteiger partial charge on any atom is 0.174 e. The average Bonchev–Trinajstić information content (AvgIpc) is 3.39. The van der Waals surface area contributed by atoms with E-state index in [2.05, 4.69) is 20.4 Å². The third kappa shape index (κ3) is 2.11. The number of hydrogen-bond acceptors (Lipinski definition) is 4. The van der Waals surface area contributed by atoms with E-state index < -0.39 is 0 Å². The Labute approximate surface area is 169 Å². The van der Waals surface area contributed by atoms with Crippen molar-refractivity contribution in [2.45, 2.75) is 76.8 Å². The van der Waals surface area contributed by atoms with Crippen molar-refractivity contribution in [3.05, 3.63) is 12.2 Å². The summed E-state index contributed by atoms with van der Waals surface area (Å²) in [5, 5.41) is 0. The van der Waals surface area contributed by atoms with E-state index in [-0.39, 0.29) is 22.4 Å². The number of hydrogen-bond donors (Lipinski definition) is 0. The number of fused-ring (bicyclic) bond motifs is 6. The minimum atomic E-state index is -0.361. The Bertz CT molecular complexity index is 676. The van der Waals surface area contributed by atoms with Gasteiger partial charge in [-0.25, -0.2) is 0 Å². The maximum atomic E-state index is 6.30. The highest BCUT2D eigenvalue weighted by Crippen LogP contribution is 2.70. The second-order valence-corrected chi connectivity index (χ2v) is 11.0. The fourth-order valence-electron chi connectivity index (χ4n) is 8.86. The van der Waals surface area contributed by atoms with Crippen LogP contribution in [-0.2, 0) is 18.9 Å². The summed E-state index contributed by atoms with van der Waals surface area (Å²) in [6.45, 7) is 12.7. The molecule has 6 rings (SSSR count). The smallest absolute Gasteiger partial charge is 0.174 e. The van der Waals surface area contributed by atoms with Crippen LogP contribution >= 0.6 is 0 Å². The van der Waals surface area contributed by atoms with Crippen LogP contribution in [0.15, 0.2) is 12.2 Å². The predicted octanol–water partition coefficient (Wildman–Crippen LogP) is 4.68. The van der Waals surface area contributed by atoms with Crippen LogP contribution in [0.3, 0.4) is 0 Å². The molecule has 4 saturated carbocycles. The SMILES string of the molecule is C=C1CC2(C[C@@H]3CC[C@@H]4[C@H](CC[C@@]5(C)[C@H]4CCC54OCCO4)[C@@]13C)OCCO2. The van der Waals surface area contributed by atoms with Gasteiger partial charge in [0.2, 0.25) is 0 Å². The maximum absolute atomic E-state index is 6.30. The van der Waals surface area contributed by atoms with Gasteiger partial charge >= 0.3 is 0 Å². The third-order valence-corrected chi connectivity index (χ3v) is 10.3. The molecule has 156 valence electrons. The molecule has 0 aromatic carbocycles. The Kier molecular flexibility index (Phi) is 3.83. The molecule has 0 aromatic rings. The summed E-state index contributed by atoms with van der Waals surface area (Å²) in [6.07, 6.45) is 9.44. The van der Waals surface area contributed by atoms with E-state index in [4.69, 9.17) is 18.9 Å². The lowest BCUT2D eigenvalue weighted by atomic mass is 9.43. The highest BCUT2D eigenvalue weighted by molar-refractivity contribution is 5.24. The van der Waals surface area contributed by atoms with Gasteiger partial charge in [0.05, 0.1) is 26.4 Å². The molecule has 2 heterocycles. The first-order valence-corrected chi connectivity index (χ1v) is 11.7. The van der Waals surface area contributed by atoms with Crippen LogP contribution in [0.5, 0.6) is 0 Å². The van der Waals surface area contributed by atoms with Gasteiger partial charge in [0.25, 0.3) is 0 Å². The molecule has 0 amide bonds.